The Hall–Kier alpha value is -3.98. The van der Waals surface area contributed by atoms with E-state index >= 15 is 0 Å². The topological polar surface area (TPSA) is 117 Å². The van der Waals surface area contributed by atoms with E-state index in [-0.39, 0.29) is 36.7 Å². The van der Waals surface area contributed by atoms with Gasteiger partial charge in [0.25, 0.3) is 17.0 Å². The number of anilines is 1. The quantitative estimate of drug-likeness (QED) is 0.175. The average Bonchev–Trinajstić information content (AvgIpc) is 2.83. The number of carbonyl (C=O) groups excluding carboxylic acids is 2. The highest BCUT2D eigenvalue weighted by molar-refractivity contribution is 7.80. The molecule has 0 unspecified atom stereocenters. The molecule has 1 aliphatic heterocycles. The van der Waals surface area contributed by atoms with Crippen LogP contribution in [0.15, 0.2) is 59.7 Å². The molecule has 9 nitrogen and oxygen atoms in total. The first kappa shape index (κ1) is 22.2. The number of benzene rings is 3. The van der Waals surface area contributed by atoms with Crippen LogP contribution in [-0.2, 0) is 16.1 Å². The van der Waals surface area contributed by atoms with E-state index in [1.807, 2.05) is 6.07 Å². The minimum atomic E-state index is -0.352. The number of hydrogen-bond donors (Lipinski definition) is 1. The number of carbonyl (C=O) groups is 2. The van der Waals surface area contributed by atoms with Crippen molar-refractivity contribution in [3.63, 3.8) is 0 Å². The maximum absolute atomic E-state index is 12.9. The number of azide groups is 1. The van der Waals surface area contributed by atoms with E-state index in [1.54, 1.807) is 48.5 Å². The lowest BCUT2D eigenvalue weighted by Crippen LogP contribution is -2.42. The standard InChI is InChI=1S/C23H19N5O4S/c1-31-12-11-28-21(29)17-4-2-3-16-19(10-9-18(20(16)17)22(28)30)25-23(33)32-13-14-5-7-15(8-6-14)26-27-24/h2-10H,11-13H2,1H3,(H,25,33). The van der Waals surface area contributed by atoms with Crippen LogP contribution in [0.4, 0.5) is 11.4 Å². The molecule has 2 amide bonds. The van der Waals surface area contributed by atoms with Crippen LogP contribution in [0.1, 0.15) is 26.3 Å². The molecule has 10 heteroatoms. The SMILES string of the molecule is COCCN1C(=O)c2cccc3c(NC(=S)OCc4ccc(N=[N+]=[N-])cc4)ccc(c23)C1=O. The van der Waals surface area contributed by atoms with Crippen molar-refractivity contribution < 1.29 is 19.1 Å². The van der Waals surface area contributed by atoms with Crippen molar-refractivity contribution in [2.75, 3.05) is 25.6 Å². The fraction of sp³-hybridized carbons (Fsp3) is 0.174. The molecule has 33 heavy (non-hydrogen) atoms. The Bertz CT molecular complexity index is 1280. The summed E-state index contributed by atoms with van der Waals surface area (Å²) in [5.41, 5.74) is 11.4. The minimum absolute atomic E-state index is 0.144. The summed E-state index contributed by atoms with van der Waals surface area (Å²) in [5.74, 6) is -0.703. The van der Waals surface area contributed by atoms with Gasteiger partial charge in [-0.3, -0.25) is 14.5 Å². The summed E-state index contributed by atoms with van der Waals surface area (Å²) in [6.45, 7) is 0.670. The maximum Gasteiger partial charge on any atom is 0.261 e. The third-order valence-electron chi connectivity index (χ3n) is 5.21. The monoisotopic (exact) mass is 461 g/mol. The van der Waals surface area contributed by atoms with E-state index in [2.05, 4.69) is 15.3 Å². The molecule has 0 saturated carbocycles. The molecule has 3 aromatic rings. The lowest BCUT2D eigenvalue weighted by atomic mass is 9.93. The van der Waals surface area contributed by atoms with Crippen molar-refractivity contribution in [2.24, 2.45) is 5.11 Å². The van der Waals surface area contributed by atoms with Crippen LogP contribution in [0.2, 0.25) is 0 Å². The van der Waals surface area contributed by atoms with E-state index in [1.165, 1.54) is 12.0 Å². The smallest absolute Gasteiger partial charge is 0.261 e. The zero-order valence-electron chi connectivity index (χ0n) is 17.6. The van der Waals surface area contributed by atoms with Gasteiger partial charge in [-0.25, -0.2) is 0 Å². The Kier molecular flexibility index (Phi) is 6.50. The van der Waals surface area contributed by atoms with Gasteiger partial charge in [-0.15, -0.1) is 0 Å². The molecule has 0 saturated heterocycles. The van der Waals surface area contributed by atoms with Crippen molar-refractivity contribution in [2.45, 2.75) is 6.61 Å². The normalized spacial score (nSPS) is 12.5. The van der Waals surface area contributed by atoms with Gasteiger partial charge in [0.15, 0.2) is 0 Å². The number of nitrogens with zero attached hydrogens (tertiary/aromatic N) is 4. The van der Waals surface area contributed by atoms with Gasteiger partial charge in [0.05, 0.1) is 13.2 Å². The molecule has 0 radical (unpaired) electrons. The summed E-state index contributed by atoms with van der Waals surface area (Å²) < 4.78 is 10.7. The molecule has 0 aliphatic carbocycles. The highest BCUT2D eigenvalue weighted by Crippen LogP contribution is 2.34. The second-order valence-electron chi connectivity index (χ2n) is 7.20. The average molecular weight is 462 g/mol. The fourth-order valence-electron chi connectivity index (χ4n) is 3.65. The molecule has 0 bridgehead atoms. The predicted octanol–water partition coefficient (Wildman–Crippen LogP) is 4.94. The first-order valence-electron chi connectivity index (χ1n) is 10.0. The van der Waals surface area contributed by atoms with Crippen molar-refractivity contribution in [3.8, 4) is 0 Å². The predicted molar refractivity (Wildman–Crippen MR) is 127 cm³/mol. The molecule has 1 N–H and O–H groups in total. The number of imide groups is 1. The van der Waals surface area contributed by atoms with Gasteiger partial charge in [-0.05, 0) is 41.5 Å². The van der Waals surface area contributed by atoms with Crippen LogP contribution >= 0.6 is 12.2 Å². The summed E-state index contributed by atoms with van der Waals surface area (Å²) in [4.78, 5) is 29.8. The van der Waals surface area contributed by atoms with Gasteiger partial charge in [0, 0.05) is 45.3 Å². The van der Waals surface area contributed by atoms with Crippen LogP contribution in [0, 0.1) is 0 Å². The van der Waals surface area contributed by atoms with E-state index in [0.29, 0.717) is 33.3 Å². The number of amides is 2. The summed E-state index contributed by atoms with van der Waals surface area (Å²) >= 11 is 5.33. The van der Waals surface area contributed by atoms with Crippen LogP contribution in [0.3, 0.4) is 0 Å². The molecular weight excluding hydrogens is 442 g/mol. The largest absolute Gasteiger partial charge is 0.466 e. The third-order valence-corrected chi connectivity index (χ3v) is 5.43. The van der Waals surface area contributed by atoms with Gasteiger partial charge in [0.2, 0.25) is 0 Å². The summed E-state index contributed by atoms with van der Waals surface area (Å²) in [7, 11) is 1.52. The van der Waals surface area contributed by atoms with Crippen molar-refractivity contribution in [1.82, 2.24) is 4.90 Å². The van der Waals surface area contributed by atoms with Crippen LogP contribution in [-0.4, -0.2) is 42.2 Å². The Balaban J connectivity index is 1.54. The number of ether oxygens (including phenoxy) is 2. The van der Waals surface area contributed by atoms with E-state index in [0.717, 1.165) is 5.56 Å². The first-order valence-corrected chi connectivity index (χ1v) is 10.4. The van der Waals surface area contributed by atoms with Crippen LogP contribution in [0.5, 0.6) is 0 Å². The Morgan fingerprint density at radius 3 is 2.52 bits per heavy atom. The van der Waals surface area contributed by atoms with Gasteiger partial charge in [0.1, 0.15) is 6.61 Å². The van der Waals surface area contributed by atoms with Gasteiger partial charge in [-0.2, -0.15) is 0 Å². The lowest BCUT2D eigenvalue weighted by Gasteiger charge is -2.27. The Morgan fingerprint density at radius 1 is 1.09 bits per heavy atom. The molecule has 0 fully saturated rings. The molecule has 0 aromatic heterocycles. The van der Waals surface area contributed by atoms with E-state index in [9.17, 15) is 9.59 Å². The lowest BCUT2D eigenvalue weighted by molar-refractivity contribution is 0.0560. The van der Waals surface area contributed by atoms with Gasteiger partial charge < -0.3 is 14.8 Å². The van der Waals surface area contributed by atoms with Crippen molar-refractivity contribution >= 4 is 51.4 Å². The summed E-state index contributed by atoms with van der Waals surface area (Å²) in [5, 5.41) is 8.01. The zero-order chi connectivity index (χ0) is 23.4. The number of hydrogen-bond acceptors (Lipinski definition) is 6. The Morgan fingerprint density at radius 2 is 1.82 bits per heavy atom. The highest BCUT2D eigenvalue weighted by atomic mass is 32.1. The number of methoxy groups -OCH3 is 1. The second-order valence-corrected chi connectivity index (χ2v) is 7.57. The molecule has 0 spiro atoms. The molecule has 4 rings (SSSR count). The fourth-order valence-corrected chi connectivity index (χ4v) is 3.82. The van der Waals surface area contributed by atoms with E-state index < -0.39 is 0 Å². The maximum atomic E-state index is 12.9. The second kappa shape index (κ2) is 9.66. The summed E-state index contributed by atoms with van der Waals surface area (Å²) in [6, 6.07) is 15.7. The number of nitrogens with one attached hydrogen (secondary N) is 1. The number of thiocarbonyl (C=S) groups is 1. The Labute approximate surface area is 194 Å². The minimum Gasteiger partial charge on any atom is -0.466 e. The van der Waals surface area contributed by atoms with E-state index in [4.69, 9.17) is 27.2 Å². The van der Waals surface area contributed by atoms with Crippen molar-refractivity contribution in [1.29, 1.82) is 0 Å². The zero-order valence-corrected chi connectivity index (χ0v) is 18.5. The van der Waals surface area contributed by atoms with Crippen LogP contribution in [0.25, 0.3) is 21.2 Å². The highest BCUT2D eigenvalue weighted by Gasteiger charge is 2.33. The third kappa shape index (κ3) is 4.49. The molecule has 0 atom stereocenters. The van der Waals surface area contributed by atoms with Crippen LogP contribution < -0.4 is 5.32 Å². The molecular formula is C23H19N5O4S. The van der Waals surface area contributed by atoms with Crippen molar-refractivity contribution in [3.05, 3.63) is 81.7 Å². The summed E-state index contributed by atoms with van der Waals surface area (Å²) in [6.07, 6.45) is 0. The first-order chi connectivity index (χ1) is 16.0. The van der Waals surface area contributed by atoms with Gasteiger partial charge >= 0.3 is 0 Å². The molecule has 1 heterocycles. The molecule has 166 valence electrons. The van der Waals surface area contributed by atoms with Gasteiger partial charge in [-0.1, -0.05) is 41.5 Å². The molecule has 1 aliphatic rings. The molecule has 3 aromatic carbocycles. The number of rotatable bonds is 7.